The minimum Gasteiger partial charge on any atom is -0.790 e. The van der Waals surface area contributed by atoms with Crippen LogP contribution in [0.5, 0.6) is 0 Å². The van der Waals surface area contributed by atoms with Crippen molar-refractivity contribution in [2.24, 2.45) is 0 Å². The van der Waals surface area contributed by atoms with Gasteiger partial charge in [-0.3, -0.25) is 0 Å². The van der Waals surface area contributed by atoms with E-state index >= 15 is 0 Å². The molecule has 0 rings (SSSR count). The smallest absolute Gasteiger partial charge is 0.790 e. The van der Waals surface area contributed by atoms with Crippen molar-refractivity contribution >= 4 is 93.9 Å². The van der Waals surface area contributed by atoms with Crippen LogP contribution in [-0.2, 0) is 80.6 Å². The molecule has 0 spiro atoms. The quantitative estimate of drug-likeness (QED) is 0.164. The zero-order valence-corrected chi connectivity index (χ0v) is 51.9. The summed E-state index contributed by atoms with van der Waals surface area (Å²) in [5.74, 6) is 0. The van der Waals surface area contributed by atoms with Crippen molar-refractivity contribution in [3.63, 3.8) is 0 Å². The maximum atomic E-state index is 9.32. The largest absolute Gasteiger partial charge is 6.00 e. The normalized spacial score (nSPS) is 12.8. The molecular formula is O42P12U4. The second kappa shape index (κ2) is 34.1. The number of rotatable bonds is 12. The summed E-state index contributed by atoms with van der Waals surface area (Å²) in [7, 11) is -68.1. The van der Waals surface area contributed by atoms with Gasteiger partial charge < -0.3 is 198 Å². The standard InChI is InChI=1S/6H4O7P2.4U/c6*1-8(2,3)7-9(4,5)6;;;;/h6*(H2,1,2,3)(H2,4,5,6);;;;/q;;;;;;4*+6/p-24. The molecule has 0 aromatic rings. The topological polar surface area (TPSA) is 814 Å². The van der Waals surface area contributed by atoms with Gasteiger partial charge in [-0.1, -0.05) is 0 Å². The second-order valence-corrected chi connectivity index (χ2v) is 20.5. The minimum atomic E-state index is -5.68. The average Bonchev–Trinajstić information content (AvgIpc) is 2.50. The molecule has 328 valence electrons. The van der Waals surface area contributed by atoms with E-state index in [4.69, 9.17) is 0 Å². The van der Waals surface area contributed by atoms with Crippen LogP contribution in [-0.4, -0.2) is 0 Å². The molecule has 0 aromatic heterocycles. The third-order valence-electron chi connectivity index (χ3n) is 1.20. The third kappa shape index (κ3) is 131. The Balaban J connectivity index is -0.0000000588. The van der Waals surface area contributed by atoms with Gasteiger partial charge in [-0.25, -0.2) is 0 Å². The van der Waals surface area contributed by atoms with E-state index in [1.165, 1.54) is 0 Å². The monoisotopic (exact) mass is 2000 g/mol. The predicted molar refractivity (Wildman–Crippen MR) is 97.8 cm³/mol. The van der Waals surface area contributed by atoms with Gasteiger partial charge in [-0.2, -0.15) is 0 Å². The molecule has 0 aliphatic carbocycles. The Bertz CT molecular complexity index is 1230. The van der Waals surface area contributed by atoms with Gasteiger partial charge in [0.05, 0.1) is 93.9 Å². The van der Waals surface area contributed by atoms with Crippen LogP contribution < -0.4 is 117 Å². The Kier molecular flexibility index (Phi) is 51.1. The molecule has 0 N–H and O–H groups in total. The summed E-state index contributed by atoms with van der Waals surface area (Å²) in [5.41, 5.74) is 0. The van der Waals surface area contributed by atoms with E-state index < -0.39 is 93.9 Å². The molecular weight excluding hydrogens is 2000 g/mol. The fraction of sp³-hybridized carbons (Fsp3) is 0. The molecule has 58 heavy (non-hydrogen) atoms. The van der Waals surface area contributed by atoms with Gasteiger partial charge in [0, 0.05) is 0 Å². The van der Waals surface area contributed by atoms with Crippen LogP contribution in [0.4, 0.5) is 0 Å². The summed E-state index contributed by atoms with van der Waals surface area (Å²) < 4.78 is 127. The summed E-state index contributed by atoms with van der Waals surface area (Å²) in [4.78, 5) is 224. The summed E-state index contributed by atoms with van der Waals surface area (Å²) in [5, 5.41) is 0. The average molecular weight is 2000 g/mol. The van der Waals surface area contributed by atoms with Gasteiger partial charge in [0.1, 0.15) is 0 Å². The number of phosphoric acid groups is 12. The van der Waals surface area contributed by atoms with Crippen LogP contribution in [0, 0.1) is 124 Å². The third-order valence-corrected chi connectivity index (χ3v) is 10.8. The van der Waals surface area contributed by atoms with Gasteiger partial charge in [0.25, 0.3) is 0 Å². The zero-order valence-electron chi connectivity index (χ0n) is 24.5. The van der Waals surface area contributed by atoms with Crippen molar-refractivity contribution < 1.29 is 323 Å². The van der Waals surface area contributed by atoms with Crippen molar-refractivity contribution in [3.8, 4) is 0 Å². The Hall–Kier alpha value is 5.77. The minimum absolute atomic E-state index is 0. The van der Waals surface area contributed by atoms with Crippen LogP contribution in [0.1, 0.15) is 0 Å². The van der Waals surface area contributed by atoms with E-state index in [1.54, 1.807) is 0 Å². The van der Waals surface area contributed by atoms with E-state index in [1.807, 2.05) is 0 Å². The molecule has 42 nitrogen and oxygen atoms in total. The Morgan fingerprint density at radius 1 is 0.155 bits per heavy atom. The first kappa shape index (κ1) is 86.9. The molecule has 58 heteroatoms. The van der Waals surface area contributed by atoms with E-state index in [0.717, 1.165) is 0 Å². The molecule has 0 unspecified atom stereocenters. The van der Waals surface area contributed by atoms with Crippen molar-refractivity contribution in [2.45, 2.75) is 0 Å². The molecule has 0 aliphatic rings. The molecule has 0 amide bonds. The number of hydrogen-bond acceptors (Lipinski definition) is 42. The van der Waals surface area contributed by atoms with Crippen LogP contribution in [0.15, 0.2) is 0 Å². The van der Waals surface area contributed by atoms with E-state index in [0.29, 0.717) is 0 Å². The summed E-state index contributed by atoms with van der Waals surface area (Å²) in [6, 6.07) is 0. The first-order valence-corrected chi connectivity index (χ1v) is 26.3. The molecule has 0 radical (unpaired) electrons. The first-order chi connectivity index (χ1) is 22.2. The maximum Gasteiger partial charge on any atom is 6.00 e. The SMILES string of the molecule is O=P([O-])([O-])OP(=O)([O-])[O-].O=P([O-])([O-])OP(=O)([O-])[O-].O=P([O-])([O-])OP(=O)([O-])[O-].O=P([O-])([O-])OP(=O)([O-])[O-].O=P([O-])([O-])OP(=O)([O-])[O-].O=P([O-])([O-])OP(=O)([O-])[O-].[U+6].[U+6].[U+6].[U+6]. The summed E-state index contributed by atoms with van der Waals surface area (Å²) >= 11 is 0. The maximum absolute atomic E-state index is 9.32. The van der Waals surface area contributed by atoms with E-state index in [2.05, 4.69) is 25.9 Å². The van der Waals surface area contributed by atoms with Gasteiger partial charge in [0.15, 0.2) is 0 Å². The molecule has 0 saturated heterocycles. The van der Waals surface area contributed by atoms with Gasteiger partial charge in [0.2, 0.25) is 0 Å². The van der Waals surface area contributed by atoms with Gasteiger partial charge in [-0.15, -0.1) is 0 Å². The van der Waals surface area contributed by atoms with Crippen molar-refractivity contribution in [2.75, 3.05) is 0 Å². The fourth-order valence-corrected chi connectivity index (χ4v) is 6.61. The molecule has 0 atom stereocenters. The Morgan fingerprint density at radius 2 is 0.190 bits per heavy atom. The van der Waals surface area contributed by atoms with Crippen LogP contribution >= 0.6 is 93.9 Å². The second-order valence-electron chi connectivity index (χ2n) is 5.86. The van der Waals surface area contributed by atoms with Gasteiger partial charge >= 0.3 is 124 Å². The predicted octanol–water partition coefficient (Wildman–Crippen LogP) is -20.0. The Morgan fingerprint density at radius 3 is 0.190 bits per heavy atom. The van der Waals surface area contributed by atoms with E-state index in [-0.39, 0.29) is 124 Å². The van der Waals surface area contributed by atoms with Crippen molar-refractivity contribution in [1.82, 2.24) is 0 Å². The molecule has 0 saturated carbocycles. The number of hydrogen-bond donors (Lipinski definition) is 0. The fourth-order valence-electron chi connectivity index (χ4n) is 0.735. The van der Waals surface area contributed by atoms with Crippen LogP contribution in [0.25, 0.3) is 0 Å². The zero-order chi connectivity index (χ0) is 46.2. The van der Waals surface area contributed by atoms with Crippen molar-refractivity contribution in [3.05, 3.63) is 0 Å². The van der Waals surface area contributed by atoms with Gasteiger partial charge in [-0.05, 0) is 0 Å². The summed E-state index contributed by atoms with van der Waals surface area (Å²) in [6.07, 6.45) is 0. The molecule has 0 aromatic carbocycles. The van der Waals surface area contributed by atoms with E-state index in [9.17, 15) is 172 Å². The Labute approximate surface area is 411 Å². The van der Waals surface area contributed by atoms with Crippen LogP contribution in [0.2, 0.25) is 0 Å². The molecule has 0 bridgehead atoms. The van der Waals surface area contributed by atoms with Crippen LogP contribution in [0.3, 0.4) is 0 Å². The molecule has 0 fully saturated rings. The van der Waals surface area contributed by atoms with Crippen molar-refractivity contribution in [1.29, 1.82) is 0 Å². The first-order valence-electron chi connectivity index (χ1n) is 8.76. The molecule has 0 aliphatic heterocycles. The molecule has 0 heterocycles. The summed E-state index contributed by atoms with van der Waals surface area (Å²) in [6.45, 7) is 0.